The molecule has 1 heterocycles. The predicted molar refractivity (Wildman–Crippen MR) is 112 cm³/mol. The van der Waals surface area contributed by atoms with Crippen LogP contribution in [-0.4, -0.2) is 24.0 Å². The second-order valence-electron chi connectivity index (χ2n) is 7.70. The van der Waals surface area contributed by atoms with E-state index in [1.165, 1.54) is 0 Å². The zero-order chi connectivity index (χ0) is 20.3. The molecule has 0 aliphatic rings. The Kier molecular flexibility index (Phi) is 6.47. The number of amides is 1. The average Bonchev–Trinajstić information content (AvgIpc) is 2.56. The maximum absolute atomic E-state index is 12.4. The zero-order valence-electron chi connectivity index (χ0n) is 17.3. The molecule has 0 aliphatic heterocycles. The van der Waals surface area contributed by atoms with Crippen LogP contribution in [0.4, 0.5) is 5.69 Å². The van der Waals surface area contributed by atoms with Crippen molar-refractivity contribution in [2.45, 2.75) is 48.0 Å². The molecule has 2 aromatic rings. The van der Waals surface area contributed by atoms with E-state index in [0.29, 0.717) is 17.9 Å². The van der Waals surface area contributed by atoms with Gasteiger partial charge in [0, 0.05) is 42.0 Å². The molecule has 1 amide bonds. The number of benzene rings is 1. The van der Waals surface area contributed by atoms with Gasteiger partial charge in [-0.2, -0.15) is 0 Å². The van der Waals surface area contributed by atoms with Crippen molar-refractivity contribution in [3.63, 3.8) is 0 Å². The van der Waals surface area contributed by atoms with Gasteiger partial charge in [0.25, 0.3) is 5.56 Å². The molecule has 0 saturated carbocycles. The summed E-state index contributed by atoms with van der Waals surface area (Å²) in [6.07, 6.45) is 0.467. The number of nitrogens with zero attached hydrogens (tertiary/aromatic N) is 1. The summed E-state index contributed by atoms with van der Waals surface area (Å²) in [5.74, 6) is 0.0537. The first kappa shape index (κ1) is 20.7. The highest BCUT2D eigenvalue weighted by atomic mass is 16.1. The van der Waals surface area contributed by atoms with Crippen molar-refractivity contribution in [2.75, 3.05) is 18.0 Å². The molecule has 0 unspecified atom stereocenters. The van der Waals surface area contributed by atoms with Gasteiger partial charge in [-0.25, -0.2) is 0 Å². The van der Waals surface area contributed by atoms with Crippen LogP contribution in [0.3, 0.4) is 0 Å². The standard InChI is InChI=1S/C22H31N3O2/c1-7-25(12-13(2)3)20-11-17(10-19(16(20)6)21(23)26)9-18-14(4)8-15(5)24-22(18)27/h8,10-11,13H,7,9,12H2,1-6H3,(H2,23,26)(H,24,27). The van der Waals surface area contributed by atoms with Gasteiger partial charge in [0.05, 0.1) is 0 Å². The second-order valence-corrected chi connectivity index (χ2v) is 7.70. The topological polar surface area (TPSA) is 79.2 Å². The summed E-state index contributed by atoms with van der Waals surface area (Å²) >= 11 is 0. The number of nitrogens with one attached hydrogen (secondary N) is 1. The lowest BCUT2D eigenvalue weighted by Crippen LogP contribution is -2.29. The van der Waals surface area contributed by atoms with Crippen LogP contribution in [0, 0.1) is 26.7 Å². The van der Waals surface area contributed by atoms with Crippen molar-refractivity contribution in [3.8, 4) is 0 Å². The van der Waals surface area contributed by atoms with Crippen LogP contribution in [-0.2, 0) is 6.42 Å². The Balaban J connectivity index is 2.57. The van der Waals surface area contributed by atoms with Crippen molar-refractivity contribution >= 4 is 11.6 Å². The number of primary amides is 1. The van der Waals surface area contributed by atoms with E-state index in [9.17, 15) is 9.59 Å². The Morgan fingerprint density at radius 2 is 1.85 bits per heavy atom. The van der Waals surface area contributed by atoms with Crippen LogP contribution >= 0.6 is 0 Å². The molecule has 0 fully saturated rings. The van der Waals surface area contributed by atoms with Crippen molar-refractivity contribution < 1.29 is 4.79 Å². The number of anilines is 1. The van der Waals surface area contributed by atoms with Crippen LogP contribution < -0.4 is 16.2 Å². The third-order valence-corrected chi connectivity index (χ3v) is 4.89. The molecule has 5 nitrogen and oxygen atoms in total. The fourth-order valence-corrected chi connectivity index (χ4v) is 3.59. The second kappa shape index (κ2) is 8.42. The molecule has 1 aromatic carbocycles. The van der Waals surface area contributed by atoms with E-state index in [-0.39, 0.29) is 5.56 Å². The van der Waals surface area contributed by atoms with Gasteiger partial charge in [-0.15, -0.1) is 0 Å². The monoisotopic (exact) mass is 369 g/mol. The molecule has 2 rings (SSSR count). The van der Waals surface area contributed by atoms with Crippen LogP contribution in [0.25, 0.3) is 0 Å². The van der Waals surface area contributed by atoms with E-state index in [2.05, 4.69) is 36.7 Å². The largest absolute Gasteiger partial charge is 0.371 e. The number of aryl methyl sites for hydroxylation is 2. The summed E-state index contributed by atoms with van der Waals surface area (Å²) < 4.78 is 0. The number of rotatable bonds is 7. The summed E-state index contributed by atoms with van der Waals surface area (Å²) in [5, 5.41) is 0. The van der Waals surface area contributed by atoms with Crippen LogP contribution in [0.15, 0.2) is 23.0 Å². The van der Waals surface area contributed by atoms with Gasteiger partial charge in [-0.3, -0.25) is 9.59 Å². The first-order valence-electron chi connectivity index (χ1n) is 9.51. The quantitative estimate of drug-likeness (QED) is 0.784. The van der Waals surface area contributed by atoms with Gasteiger partial charge in [0.2, 0.25) is 5.91 Å². The fourth-order valence-electron chi connectivity index (χ4n) is 3.59. The smallest absolute Gasteiger partial charge is 0.251 e. The lowest BCUT2D eigenvalue weighted by Gasteiger charge is -2.28. The molecule has 27 heavy (non-hydrogen) atoms. The minimum Gasteiger partial charge on any atom is -0.371 e. The van der Waals surface area contributed by atoms with E-state index in [4.69, 9.17) is 5.73 Å². The third-order valence-electron chi connectivity index (χ3n) is 4.89. The lowest BCUT2D eigenvalue weighted by atomic mass is 9.95. The Morgan fingerprint density at radius 1 is 1.19 bits per heavy atom. The van der Waals surface area contributed by atoms with Gasteiger partial charge < -0.3 is 15.6 Å². The van der Waals surface area contributed by atoms with Crippen LogP contribution in [0.2, 0.25) is 0 Å². The highest BCUT2D eigenvalue weighted by Gasteiger charge is 2.17. The number of carbonyl (C=O) groups is 1. The van der Waals surface area contributed by atoms with Gasteiger partial charge in [0.15, 0.2) is 0 Å². The number of hydrogen-bond acceptors (Lipinski definition) is 3. The molecule has 0 radical (unpaired) electrons. The molecular formula is C22H31N3O2. The van der Waals surface area contributed by atoms with Gasteiger partial charge in [0.1, 0.15) is 0 Å². The number of aromatic nitrogens is 1. The summed E-state index contributed by atoms with van der Waals surface area (Å²) in [4.78, 5) is 29.6. The molecule has 3 N–H and O–H groups in total. The predicted octanol–water partition coefficient (Wildman–Crippen LogP) is 3.47. The first-order chi connectivity index (χ1) is 12.6. The number of H-pyrrole nitrogens is 1. The van der Waals surface area contributed by atoms with Gasteiger partial charge in [-0.1, -0.05) is 13.8 Å². The lowest BCUT2D eigenvalue weighted by molar-refractivity contribution is 0.0999. The maximum Gasteiger partial charge on any atom is 0.251 e. The Bertz CT molecular complexity index is 897. The number of aromatic amines is 1. The third kappa shape index (κ3) is 4.79. The highest BCUT2D eigenvalue weighted by Crippen LogP contribution is 2.27. The first-order valence-corrected chi connectivity index (χ1v) is 9.51. The average molecular weight is 370 g/mol. The molecular weight excluding hydrogens is 338 g/mol. The molecule has 0 saturated heterocycles. The van der Waals surface area contributed by atoms with Crippen molar-refractivity contribution in [1.82, 2.24) is 4.98 Å². The minimum absolute atomic E-state index is 0.0789. The van der Waals surface area contributed by atoms with Crippen molar-refractivity contribution in [1.29, 1.82) is 0 Å². The molecule has 146 valence electrons. The molecule has 0 aliphatic carbocycles. The van der Waals surface area contributed by atoms with Gasteiger partial charge >= 0.3 is 0 Å². The SMILES string of the molecule is CCN(CC(C)C)c1cc(Cc2c(C)cc(C)[nH]c2=O)cc(C(N)=O)c1C. The number of hydrogen-bond donors (Lipinski definition) is 2. The summed E-state index contributed by atoms with van der Waals surface area (Å²) in [5.41, 5.74) is 11.4. The highest BCUT2D eigenvalue weighted by molar-refractivity contribution is 5.96. The Hall–Kier alpha value is -2.56. The molecule has 0 bridgehead atoms. The summed E-state index contributed by atoms with van der Waals surface area (Å²) in [6.45, 7) is 13.9. The summed E-state index contributed by atoms with van der Waals surface area (Å²) in [7, 11) is 0. The van der Waals surface area contributed by atoms with E-state index in [1.807, 2.05) is 32.9 Å². The van der Waals surface area contributed by atoms with E-state index >= 15 is 0 Å². The molecule has 0 atom stereocenters. The Labute approximate surface area is 161 Å². The van der Waals surface area contributed by atoms with E-state index < -0.39 is 5.91 Å². The molecule has 0 spiro atoms. The Morgan fingerprint density at radius 3 is 2.37 bits per heavy atom. The van der Waals surface area contributed by atoms with E-state index in [0.717, 1.165) is 46.7 Å². The maximum atomic E-state index is 12.4. The zero-order valence-corrected chi connectivity index (χ0v) is 17.3. The fraction of sp³-hybridized carbons (Fsp3) is 0.455. The minimum atomic E-state index is -0.439. The number of carbonyl (C=O) groups excluding carboxylic acids is 1. The van der Waals surface area contributed by atoms with Crippen LogP contribution in [0.5, 0.6) is 0 Å². The normalized spacial score (nSPS) is 11.1. The van der Waals surface area contributed by atoms with Crippen molar-refractivity contribution in [3.05, 3.63) is 62.1 Å². The number of nitrogens with two attached hydrogens (primary N) is 1. The van der Waals surface area contributed by atoms with Crippen molar-refractivity contribution in [2.24, 2.45) is 11.7 Å². The van der Waals surface area contributed by atoms with Crippen LogP contribution in [0.1, 0.15) is 59.1 Å². The van der Waals surface area contributed by atoms with Gasteiger partial charge in [-0.05, 0) is 68.5 Å². The summed E-state index contributed by atoms with van der Waals surface area (Å²) in [6, 6.07) is 5.88. The van der Waals surface area contributed by atoms with E-state index in [1.54, 1.807) is 0 Å². The molecule has 1 aromatic heterocycles. The number of pyridine rings is 1. The molecule has 5 heteroatoms.